The molecule has 0 bridgehead atoms. The number of hydrogen-bond donors (Lipinski definition) is 1. The quantitative estimate of drug-likeness (QED) is 0.351. The largest absolute Gasteiger partial charge is 0.493 e. The molecule has 12 heteroatoms. The highest BCUT2D eigenvalue weighted by Crippen LogP contribution is 2.35. The van der Waals surface area contributed by atoms with Gasteiger partial charge in [-0.3, -0.25) is 9.10 Å². The number of nitrogens with zero attached hydrogens (tertiary/aromatic N) is 1. The van der Waals surface area contributed by atoms with Gasteiger partial charge < -0.3 is 29.0 Å². The SMILES string of the molecule is COC(=O)c1cc(OC)c(OC)cc1NC(=O)CN(c1ccc(OC)c(OC)c1)S(=O)(=O)c1ccc(C)cc1. The first kappa shape index (κ1) is 29.1. The minimum atomic E-state index is -4.22. The number of benzene rings is 3. The lowest BCUT2D eigenvalue weighted by atomic mass is 10.1. The molecular formula is C27H30N2O9S. The van der Waals surface area contributed by atoms with E-state index in [1.807, 2.05) is 6.92 Å². The number of nitrogens with one attached hydrogen (secondary N) is 1. The second-order valence-corrected chi connectivity index (χ2v) is 10.0. The Balaban J connectivity index is 2.07. The minimum Gasteiger partial charge on any atom is -0.493 e. The monoisotopic (exact) mass is 558 g/mol. The molecule has 11 nitrogen and oxygen atoms in total. The first-order valence-corrected chi connectivity index (χ1v) is 13.0. The van der Waals surface area contributed by atoms with Crippen LogP contribution in [0.2, 0.25) is 0 Å². The number of rotatable bonds is 11. The number of carbonyl (C=O) groups excluding carboxylic acids is 2. The van der Waals surface area contributed by atoms with Crippen LogP contribution in [0.3, 0.4) is 0 Å². The van der Waals surface area contributed by atoms with E-state index in [-0.39, 0.29) is 39.1 Å². The van der Waals surface area contributed by atoms with Gasteiger partial charge in [0.2, 0.25) is 5.91 Å². The molecule has 0 unspecified atom stereocenters. The molecule has 0 spiro atoms. The lowest BCUT2D eigenvalue weighted by Gasteiger charge is -2.25. The first-order valence-electron chi connectivity index (χ1n) is 11.5. The standard InChI is InChI=1S/C27H30N2O9S/c1-17-7-10-19(11-8-17)39(32,33)29(18-9-12-22(34-2)23(13-18)35-3)16-26(30)28-21-15-25(37-5)24(36-4)14-20(21)27(31)38-6/h7-15H,16H2,1-6H3,(H,28,30). The summed E-state index contributed by atoms with van der Waals surface area (Å²) in [5.41, 5.74) is 1.06. The number of anilines is 2. The predicted molar refractivity (Wildman–Crippen MR) is 145 cm³/mol. The van der Waals surface area contributed by atoms with E-state index in [0.29, 0.717) is 5.75 Å². The minimum absolute atomic E-state index is 0.0115. The molecule has 3 aromatic rings. The van der Waals surface area contributed by atoms with Crippen LogP contribution in [0.4, 0.5) is 11.4 Å². The Kier molecular flexibility index (Phi) is 9.25. The van der Waals surface area contributed by atoms with Gasteiger partial charge in [0.05, 0.1) is 57.4 Å². The van der Waals surface area contributed by atoms with Crippen molar-refractivity contribution in [2.75, 3.05) is 51.7 Å². The van der Waals surface area contributed by atoms with Gasteiger partial charge >= 0.3 is 5.97 Å². The Morgan fingerprint density at radius 3 is 1.90 bits per heavy atom. The zero-order valence-corrected chi connectivity index (χ0v) is 23.2. The second-order valence-electron chi connectivity index (χ2n) is 8.16. The van der Waals surface area contributed by atoms with Crippen molar-refractivity contribution in [3.8, 4) is 23.0 Å². The zero-order chi connectivity index (χ0) is 28.7. The number of amides is 1. The van der Waals surface area contributed by atoms with E-state index in [4.69, 9.17) is 23.7 Å². The van der Waals surface area contributed by atoms with Gasteiger partial charge in [0.15, 0.2) is 23.0 Å². The van der Waals surface area contributed by atoms with Crippen LogP contribution in [0.25, 0.3) is 0 Å². The van der Waals surface area contributed by atoms with Crippen LogP contribution in [-0.2, 0) is 19.6 Å². The van der Waals surface area contributed by atoms with E-state index < -0.39 is 28.4 Å². The van der Waals surface area contributed by atoms with Gasteiger partial charge in [0.25, 0.3) is 10.0 Å². The number of methoxy groups -OCH3 is 5. The Morgan fingerprint density at radius 1 is 0.769 bits per heavy atom. The van der Waals surface area contributed by atoms with Gasteiger partial charge in [-0.15, -0.1) is 0 Å². The molecule has 39 heavy (non-hydrogen) atoms. The van der Waals surface area contributed by atoms with Crippen molar-refractivity contribution in [1.82, 2.24) is 0 Å². The number of ether oxygens (including phenoxy) is 5. The lowest BCUT2D eigenvalue weighted by molar-refractivity contribution is -0.114. The van der Waals surface area contributed by atoms with E-state index in [0.717, 1.165) is 9.87 Å². The fraction of sp³-hybridized carbons (Fsp3) is 0.259. The molecule has 0 saturated heterocycles. The Bertz CT molecular complexity index is 1450. The highest BCUT2D eigenvalue weighted by molar-refractivity contribution is 7.92. The topological polar surface area (TPSA) is 130 Å². The van der Waals surface area contributed by atoms with Crippen LogP contribution in [0.5, 0.6) is 23.0 Å². The molecule has 0 atom stereocenters. The van der Waals surface area contributed by atoms with Crippen LogP contribution in [0.15, 0.2) is 59.5 Å². The molecule has 1 N–H and O–H groups in total. The van der Waals surface area contributed by atoms with Gasteiger partial charge in [-0.05, 0) is 31.2 Å². The maximum atomic E-state index is 13.8. The first-order chi connectivity index (χ1) is 18.6. The smallest absolute Gasteiger partial charge is 0.340 e. The van der Waals surface area contributed by atoms with E-state index in [1.165, 1.54) is 78.0 Å². The highest BCUT2D eigenvalue weighted by atomic mass is 32.2. The third-order valence-electron chi connectivity index (χ3n) is 5.75. The van der Waals surface area contributed by atoms with Crippen molar-refractivity contribution in [3.05, 3.63) is 65.7 Å². The van der Waals surface area contributed by atoms with E-state index >= 15 is 0 Å². The summed E-state index contributed by atoms with van der Waals surface area (Å²) in [6.07, 6.45) is 0. The van der Waals surface area contributed by atoms with Gasteiger partial charge in [-0.25, -0.2) is 13.2 Å². The third kappa shape index (κ3) is 6.34. The summed E-state index contributed by atoms with van der Waals surface area (Å²) in [7, 11) is 2.64. The predicted octanol–water partition coefficient (Wildman–Crippen LogP) is 3.65. The van der Waals surface area contributed by atoms with Crippen LogP contribution >= 0.6 is 0 Å². The molecule has 0 fully saturated rings. The lowest BCUT2D eigenvalue weighted by Crippen LogP contribution is -2.38. The van der Waals surface area contributed by atoms with Crippen LogP contribution in [0.1, 0.15) is 15.9 Å². The number of aryl methyl sites for hydroxylation is 1. The molecule has 1 amide bonds. The van der Waals surface area contributed by atoms with Gasteiger partial charge in [0, 0.05) is 18.2 Å². The van der Waals surface area contributed by atoms with Gasteiger partial charge in [-0.1, -0.05) is 17.7 Å². The van der Waals surface area contributed by atoms with E-state index in [2.05, 4.69) is 5.32 Å². The Hall–Kier alpha value is -4.45. The molecule has 208 valence electrons. The van der Waals surface area contributed by atoms with Crippen LogP contribution < -0.4 is 28.6 Å². The maximum absolute atomic E-state index is 13.8. The van der Waals surface area contributed by atoms with Crippen LogP contribution in [0, 0.1) is 6.92 Å². The fourth-order valence-corrected chi connectivity index (χ4v) is 5.13. The molecule has 3 rings (SSSR count). The van der Waals surface area contributed by atoms with Crippen molar-refractivity contribution in [3.63, 3.8) is 0 Å². The Labute approximate surface area is 227 Å². The number of sulfonamides is 1. The number of esters is 1. The molecule has 3 aromatic carbocycles. The number of carbonyl (C=O) groups is 2. The van der Waals surface area contributed by atoms with Crippen molar-refractivity contribution in [2.45, 2.75) is 11.8 Å². The Morgan fingerprint density at radius 2 is 1.33 bits per heavy atom. The van der Waals surface area contributed by atoms with Crippen molar-refractivity contribution >= 4 is 33.3 Å². The second kappa shape index (κ2) is 12.4. The number of hydrogen-bond acceptors (Lipinski definition) is 9. The van der Waals surface area contributed by atoms with Gasteiger partial charge in [0.1, 0.15) is 6.54 Å². The van der Waals surface area contributed by atoms with Crippen molar-refractivity contribution < 1.29 is 41.7 Å². The molecule has 0 aliphatic rings. The maximum Gasteiger partial charge on any atom is 0.340 e. The fourth-order valence-electron chi connectivity index (χ4n) is 3.71. The molecule has 0 saturated carbocycles. The summed E-state index contributed by atoms with van der Waals surface area (Å²) < 4.78 is 54.4. The summed E-state index contributed by atoms with van der Waals surface area (Å²) in [6.45, 7) is 1.19. The van der Waals surface area contributed by atoms with Crippen molar-refractivity contribution in [1.29, 1.82) is 0 Å². The summed E-state index contributed by atoms with van der Waals surface area (Å²) in [6, 6.07) is 13.5. The average Bonchev–Trinajstić information content (AvgIpc) is 2.94. The zero-order valence-electron chi connectivity index (χ0n) is 22.4. The molecule has 0 aliphatic heterocycles. The van der Waals surface area contributed by atoms with Crippen molar-refractivity contribution in [2.24, 2.45) is 0 Å². The molecular weight excluding hydrogens is 528 g/mol. The van der Waals surface area contributed by atoms with E-state index in [1.54, 1.807) is 12.1 Å². The molecule has 0 radical (unpaired) electrons. The van der Waals surface area contributed by atoms with Gasteiger partial charge in [-0.2, -0.15) is 0 Å². The normalized spacial score (nSPS) is 10.8. The summed E-state index contributed by atoms with van der Waals surface area (Å²) in [5.74, 6) is -0.346. The average molecular weight is 559 g/mol. The summed E-state index contributed by atoms with van der Waals surface area (Å²) in [4.78, 5) is 25.7. The highest BCUT2D eigenvalue weighted by Gasteiger charge is 2.29. The molecule has 0 heterocycles. The van der Waals surface area contributed by atoms with Crippen LogP contribution in [-0.4, -0.2) is 62.4 Å². The summed E-state index contributed by atoms with van der Waals surface area (Å²) in [5, 5.41) is 2.60. The summed E-state index contributed by atoms with van der Waals surface area (Å²) >= 11 is 0. The molecule has 0 aromatic heterocycles. The third-order valence-corrected chi connectivity index (χ3v) is 7.54. The van der Waals surface area contributed by atoms with E-state index in [9.17, 15) is 18.0 Å². The molecule has 0 aliphatic carbocycles.